The Labute approximate surface area is 164 Å². The SMILES string of the molecule is O=C(N/N=C/c1cc([N+](=O)[O-])ccc1Cl)C(=O)Nc1cccc2ccccc12. The first-order valence-electron chi connectivity index (χ1n) is 8.02. The first-order chi connectivity index (χ1) is 13.5. The van der Waals surface area contributed by atoms with Crippen molar-refractivity contribution in [2.24, 2.45) is 5.10 Å². The summed E-state index contributed by atoms with van der Waals surface area (Å²) in [6.45, 7) is 0. The molecule has 3 aromatic carbocycles. The van der Waals surface area contributed by atoms with Crippen LogP contribution in [-0.2, 0) is 9.59 Å². The van der Waals surface area contributed by atoms with E-state index >= 15 is 0 Å². The summed E-state index contributed by atoms with van der Waals surface area (Å²) in [5, 5.41) is 18.9. The van der Waals surface area contributed by atoms with Crippen molar-refractivity contribution in [3.05, 3.63) is 81.4 Å². The number of nitrogens with one attached hydrogen (secondary N) is 2. The lowest BCUT2D eigenvalue weighted by Gasteiger charge is -2.07. The molecule has 9 heteroatoms. The van der Waals surface area contributed by atoms with Gasteiger partial charge in [0, 0.05) is 33.8 Å². The number of fused-ring (bicyclic) bond motifs is 1. The largest absolute Gasteiger partial charge is 0.329 e. The molecule has 0 radical (unpaired) electrons. The van der Waals surface area contributed by atoms with Crippen molar-refractivity contribution < 1.29 is 14.5 Å². The van der Waals surface area contributed by atoms with Crippen LogP contribution in [0.4, 0.5) is 11.4 Å². The van der Waals surface area contributed by atoms with E-state index in [1.807, 2.05) is 30.3 Å². The highest BCUT2D eigenvalue weighted by Crippen LogP contribution is 2.23. The lowest BCUT2D eigenvalue weighted by atomic mass is 10.1. The van der Waals surface area contributed by atoms with E-state index < -0.39 is 16.7 Å². The number of hydrogen-bond acceptors (Lipinski definition) is 5. The van der Waals surface area contributed by atoms with Crippen molar-refractivity contribution in [2.75, 3.05) is 5.32 Å². The Kier molecular flexibility index (Phi) is 5.61. The molecule has 0 saturated heterocycles. The molecule has 0 aromatic heterocycles. The minimum atomic E-state index is -0.995. The Hall–Kier alpha value is -3.78. The first-order valence-corrected chi connectivity index (χ1v) is 8.39. The number of carbonyl (C=O) groups is 2. The van der Waals surface area contributed by atoms with Crippen LogP contribution in [0.5, 0.6) is 0 Å². The summed E-state index contributed by atoms with van der Waals surface area (Å²) in [5.74, 6) is -1.90. The van der Waals surface area contributed by atoms with E-state index in [1.54, 1.807) is 12.1 Å². The smallest absolute Gasteiger partial charge is 0.317 e. The van der Waals surface area contributed by atoms with Crippen LogP contribution in [0.1, 0.15) is 5.56 Å². The number of carbonyl (C=O) groups excluding carboxylic acids is 2. The predicted molar refractivity (Wildman–Crippen MR) is 106 cm³/mol. The lowest BCUT2D eigenvalue weighted by molar-refractivity contribution is -0.384. The van der Waals surface area contributed by atoms with Crippen LogP contribution in [0.15, 0.2) is 65.8 Å². The Morgan fingerprint density at radius 3 is 2.57 bits per heavy atom. The average Bonchev–Trinajstić information content (AvgIpc) is 2.69. The highest BCUT2D eigenvalue weighted by molar-refractivity contribution is 6.40. The van der Waals surface area contributed by atoms with Gasteiger partial charge in [-0.25, -0.2) is 5.43 Å². The standard InChI is InChI=1S/C19H13ClN4O4/c20-16-9-8-14(24(27)28)10-13(16)11-21-23-19(26)18(25)22-17-7-3-5-12-4-1-2-6-15(12)17/h1-11H,(H,22,25)(H,23,26)/b21-11+. The van der Waals surface area contributed by atoms with Gasteiger partial charge in [0.25, 0.3) is 5.69 Å². The molecular weight excluding hydrogens is 384 g/mol. The number of hydrazone groups is 1. The van der Waals surface area contributed by atoms with Gasteiger partial charge in [-0.2, -0.15) is 5.10 Å². The second-order valence-corrected chi connectivity index (χ2v) is 6.05. The van der Waals surface area contributed by atoms with Crippen molar-refractivity contribution in [1.82, 2.24) is 5.43 Å². The maximum Gasteiger partial charge on any atom is 0.329 e. The van der Waals surface area contributed by atoms with E-state index in [-0.39, 0.29) is 16.3 Å². The predicted octanol–water partition coefficient (Wildman–Crippen LogP) is 3.49. The number of nitro benzene ring substituents is 1. The van der Waals surface area contributed by atoms with Gasteiger partial charge in [0.1, 0.15) is 0 Å². The minimum Gasteiger partial charge on any atom is -0.317 e. The van der Waals surface area contributed by atoms with Crippen molar-refractivity contribution in [2.45, 2.75) is 0 Å². The van der Waals surface area contributed by atoms with Gasteiger partial charge in [0.15, 0.2) is 0 Å². The zero-order valence-corrected chi connectivity index (χ0v) is 15.0. The summed E-state index contributed by atoms with van der Waals surface area (Å²) in [6.07, 6.45) is 1.12. The van der Waals surface area contributed by atoms with Gasteiger partial charge in [-0.05, 0) is 17.5 Å². The molecule has 0 heterocycles. The minimum absolute atomic E-state index is 0.175. The van der Waals surface area contributed by atoms with Crippen LogP contribution in [-0.4, -0.2) is 23.0 Å². The highest BCUT2D eigenvalue weighted by atomic mass is 35.5. The maximum atomic E-state index is 12.1. The van der Waals surface area contributed by atoms with Crippen LogP contribution in [0.25, 0.3) is 10.8 Å². The van der Waals surface area contributed by atoms with Crippen molar-refractivity contribution >= 4 is 51.8 Å². The Morgan fingerprint density at radius 1 is 1.04 bits per heavy atom. The first kappa shape index (κ1) is 19.0. The molecule has 0 atom stereocenters. The lowest BCUT2D eigenvalue weighted by Crippen LogP contribution is -2.32. The third kappa shape index (κ3) is 4.30. The average molecular weight is 397 g/mol. The van der Waals surface area contributed by atoms with Crippen LogP contribution >= 0.6 is 11.6 Å². The molecule has 0 aliphatic carbocycles. The molecule has 0 spiro atoms. The van der Waals surface area contributed by atoms with Gasteiger partial charge < -0.3 is 5.32 Å². The number of halogens is 1. The van der Waals surface area contributed by atoms with E-state index in [2.05, 4.69) is 15.8 Å². The Balaban J connectivity index is 1.68. The second-order valence-electron chi connectivity index (χ2n) is 5.64. The number of non-ortho nitro benzene ring substituents is 1. The van der Waals surface area contributed by atoms with E-state index in [9.17, 15) is 19.7 Å². The fraction of sp³-hybridized carbons (Fsp3) is 0. The van der Waals surface area contributed by atoms with E-state index in [0.717, 1.165) is 17.0 Å². The van der Waals surface area contributed by atoms with Gasteiger partial charge >= 0.3 is 11.8 Å². The molecule has 140 valence electrons. The number of anilines is 1. The molecule has 0 bridgehead atoms. The molecule has 3 rings (SSSR count). The third-order valence-corrected chi connectivity index (χ3v) is 4.15. The number of hydrogen-bond donors (Lipinski definition) is 2. The molecule has 0 unspecified atom stereocenters. The van der Waals surface area contributed by atoms with Crippen molar-refractivity contribution in [1.29, 1.82) is 0 Å². The molecule has 3 aromatic rings. The van der Waals surface area contributed by atoms with Crippen LogP contribution in [0, 0.1) is 10.1 Å². The summed E-state index contributed by atoms with van der Waals surface area (Å²) in [4.78, 5) is 34.3. The summed E-state index contributed by atoms with van der Waals surface area (Å²) in [7, 11) is 0. The van der Waals surface area contributed by atoms with E-state index in [0.29, 0.717) is 5.69 Å². The van der Waals surface area contributed by atoms with E-state index in [4.69, 9.17) is 11.6 Å². The molecular formula is C19H13ClN4O4. The van der Waals surface area contributed by atoms with Crippen molar-refractivity contribution in [3.63, 3.8) is 0 Å². The molecule has 2 amide bonds. The topological polar surface area (TPSA) is 114 Å². The van der Waals surface area contributed by atoms with Gasteiger partial charge in [-0.1, -0.05) is 48.0 Å². The van der Waals surface area contributed by atoms with Gasteiger partial charge in [0.2, 0.25) is 0 Å². The van der Waals surface area contributed by atoms with Crippen LogP contribution in [0.3, 0.4) is 0 Å². The van der Waals surface area contributed by atoms with Crippen molar-refractivity contribution in [3.8, 4) is 0 Å². The zero-order chi connectivity index (χ0) is 20.1. The molecule has 8 nitrogen and oxygen atoms in total. The third-order valence-electron chi connectivity index (χ3n) is 3.80. The fourth-order valence-corrected chi connectivity index (χ4v) is 2.63. The Morgan fingerprint density at radius 2 is 1.79 bits per heavy atom. The summed E-state index contributed by atoms with van der Waals surface area (Å²) >= 11 is 5.94. The van der Waals surface area contributed by atoms with Gasteiger partial charge in [0.05, 0.1) is 11.1 Å². The fourth-order valence-electron chi connectivity index (χ4n) is 2.47. The quantitative estimate of drug-likeness (QED) is 0.304. The van der Waals surface area contributed by atoms with Crippen LogP contribution in [0.2, 0.25) is 5.02 Å². The Bertz CT molecular complexity index is 1110. The normalized spacial score (nSPS) is 10.8. The molecule has 0 fully saturated rings. The van der Waals surface area contributed by atoms with Gasteiger partial charge in [-0.3, -0.25) is 19.7 Å². The highest BCUT2D eigenvalue weighted by Gasteiger charge is 2.14. The summed E-state index contributed by atoms with van der Waals surface area (Å²) < 4.78 is 0. The van der Waals surface area contributed by atoms with E-state index in [1.165, 1.54) is 18.2 Å². The molecule has 28 heavy (non-hydrogen) atoms. The summed E-state index contributed by atoms with van der Waals surface area (Å²) in [6, 6.07) is 16.5. The van der Waals surface area contributed by atoms with Gasteiger partial charge in [-0.15, -0.1) is 0 Å². The maximum absolute atomic E-state index is 12.1. The number of amides is 2. The number of nitro groups is 1. The molecule has 0 aliphatic heterocycles. The monoisotopic (exact) mass is 396 g/mol. The zero-order valence-electron chi connectivity index (χ0n) is 14.3. The molecule has 0 aliphatic rings. The number of benzene rings is 3. The van der Waals surface area contributed by atoms with Crippen LogP contribution < -0.4 is 10.7 Å². The number of nitrogens with zero attached hydrogens (tertiary/aromatic N) is 2. The second kappa shape index (κ2) is 8.28. The molecule has 0 saturated carbocycles. The number of rotatable bonds is 4. The summed E-state index contributed by atoms with van der Waals surface area (Å²) in [5.41, 5.74) is 2.61. The molecule has 2 N–H and O–H groups in total.